The van der Waals surface area contributed by atoms with Crippen molar-refractivity contribution in [1.82, 2.24) is 4.98 Å². The number of para-hydroxylation sites is 1. The summed E-state index contributed by atoms with van der Waals surface area (Å²) in [5.41, 5.74) is 4.13. The molecule has 4 nitrogen and oxygen atoms in total. The predicted molar refractivity (Wildman–Crippen MR) is 110 cm³/mol. The summed E-state index contributed by atoms with van der Waals surface area (Å²) < 4.78 is 0. The quantitative estimate of drug-likeness (QED) is 0.603. The molecule has 0 saturated carbocycles. The van der Waals surface area contributed by atoms with Gasteiger partial charge in [0, 0.05) is 41.6 Å². The van der Waals surface area contributed by atoms with E-state index in [0.717, 1.165) is 48.1 Å². The van der Waals surface area contributed by atoms with Crippen LogP contribution in [0.1, 0.15) is 32.3 Å². The predicted octanol–water partition coefficient (Wildman–Crippen LogP) is 4.98. The number of carbonyl (C=O) groups excluding carboxylic acids is 1. The van der Waals surface area contributed by atoms with Gasteiger partial charge in [-0.25, -0.2) is 0 Å². The molecule has 1 heterocycles. The van der Waals surface area contributed by atoms with Crippen molar-refractivity contribution in [1.29, 1.82) is 0 Å². The van der Waals surface area contributed by atoms with Crippen LogP contribution in [0.2, 0.25) is 0 Å². The van der Waals surface area contributed by atoms with Crippen LogP contribution >= 0.6 is 0 Å². The lowest BCUT2D eigenvalue weighted by Gasteiger charge is -2.24. The average Bonchev–Trinajstić information content (AvgIpc) is 3.05. The molecule has 0 fully saturated rings. The van der Waals surface area contributed by atoms with Crippen LogP contribution in [0, 0.1) is 0 Å². The van der Waals surface area contributed by atoms with Crippen LogP contribution in [0.4, 0.5) is 11.4 Å². The maximum Gasteiger partial charge on any atom is 0.228 e. The number of anilines is 2. The summed E-state index contributed by atoms with van der Waals surface area (Å²) in [6.45, 7) is 6.50. The first-order valence-electron chi connectivity index (χ1n) is 9.41. The van der Waals surface area contributed by atoms with Crippen molar-refractivity contribution in [2.45, 2.75) is 33.1 Å². The van der Waals surface area contributed by atoms with E-state index < -0.39 is 0 Å². The van der Waals surface area contributed by atoms with Crippen LogP contribution in [0.15, 0.2) is 54.7 Å². The van der Waals surface area contributed by atoms with Crippen LogP contribution < -0.4 is 10.2 Å². The van der Waals surface area contributed by atoms with Gasteiger partial charge in [0.05, 0.1) is 6.42 Å². The number of amides is 1. The molecule has 0 atom stereocenters. The fourth-order valence-electron chi connectivity index (χ4n) is 3.32. The average molecular weight is 349 g/mol. The Labute approximate surface area is 155 Å². The fourth-order valence-corrected chi connectivity index (χ4v) is 3.32. The molecule has 1 amide bonds. The first-order chi connectivity index (χ1) is 12.7. The number of carbonyl (C=O) groups is 1. The Morgan fingerprint density at radius 1 is 1.00 bits per heavy atom. The number of fused-ring (bicyclic) bond motifs is 1. The van der Waals surface area contributed by atoms with Gasteiger partial charge in [0.15, 0.2) is 0 Å². The van der Waals surface area contributed by atoms with Crippen molar-refractivity contribution in [2.75, 3.05) is 23.3 Å². The molecule has 26 heavy (non-hydrogen) atoms. The summed E-state index contributed by atoms with van der Waals surface area (Å²) >= 11 is 0. The smallest absolute Gasteiger partial charge is 0.228 e. The molecule has 0 radical (unpaired) electrons. The van der Waals surface area contributed by atoms with E-state index in [-0.39, 0.29) is 5.91 Å². The summed E-state index contributed by atoms with van der Waals surface area (Å²) in [5.74, 6) is 0.00137. The summed E-state index contributed by atoms with van der Waals surface area (Å²) in [6.07, 6.45) is 4.54. The van der Waals surface area contributed by atoms with Crippen LogP contribution in [0.3, 0.4) is 0 Å². The van der Waals surface area contributed by atoms with E-state index in [2.05, 4.69) is 41.2 Å². The number of benzene rings is 2. The van der Waals surface area contributed by atoms with Gasteiger partial charge in [-0.15, -0.1) is 0 Å². The lowest BCUT2D eigenvalue weighted by atomic mass is 10.1. The van der Waals surface area contributed by atoms with Crippen molar-refractivity contribution < 1.29 is 4.79 Å². The van der Waals surface area contributed by atoms with Crippen LogP contribution in [-0.4, -0.2) is 24.0 Å². The molecule has 0 aliphatic carbocycles. The van der Waals surface area contributed by atoms with Crippen LogP contribution in [0.5, 0.6) is 0 Å². The normalized spacial score (nSPS) is 10.8. The highest BCUT2D eigenvalue weighted by Crippen LogP contribution is 2.21. The zero-order chi connectivity index (χ0) is 18.4. The highest BCUT2D eigenvalue weighted by atomic mass is 16.1. The largest absolute Gasteiger partial charge is 0.372 e. The minimum atomic E-state index is 0.00137. The Bertz CT molecular complexity index is 845. The third kappa shape index (κ3) is 4.26. The van der Waals surface area contributed by atoms with Crippen LogP contribution in [0.25, 0.3) is 10.9 Å². The lowest BCUT2D eigenvalue weighted by Crippen LogP contribution is -2.24. The third-order valence-corrected chi connectivity index (χ3v) is 4.53. The van der Waals surface area contributed by atoms with Crippen molar-refractivity contribution in [3.63, 3.8) is 0 Å². The van der Waals surface area contributed by atoms with E-state index in [1.54, 1.807) is 0 Å². The van der Waals surface area contributed by atoms with E-state index in [0.29, 0.717) is 6.42 Å². The lowest BCUT2D eigenvalue weighted by molar-refractivity contribution is -0.115. The van der Waals surface area contributed by atoms with Gasteiger partial charge in [-0.2, -0.15) is 0 Å². The van der Waals surface area contributed by atoms with Gasteiger partial charge in [0.2, 0.25) is 5.91 Å². The van der Waals surface area contributed by atoms with Crippen molar-refractivity contribution in [3.8, 4) is 0 Å². The Kier molecular flexibility index (Phi) is 5.95. The first-order valence-corrected chi connectivity index (χ1v) is 9.41. The minimum Gasteiger partial charge on any atom is -0.372 e. The number of H-pyrrole nitrogens is 1. The van der Waals surface area contributed by atoms with Gasteiger partial charge in [-0.05, 0) is 48.7 Å². The number of hydrogen-bond acceptors (Lipinski definition) is 2. The summed E-state index contributed by atoms with van der Waals surface area (Å²) in [4.78, 5) is 18.0. The number of hydrogen-bond donors (Lipinski definition) is 2. The number of aromatic amines is 1. The van der Waals surface area contributed by atoms with E-state index in [9.17, 15) is 4.79 Å². The Balaban J connectivity index is 1.64. The monoisotopic (exact) mass is 349 g/mol. The number of nitrogens with one attached hydrogen (secondary N) is 2. The van der Waals surface area contributed by atoms with E-state index >= 15 is 0 Å². The summed E-state index contributed by atoms with van der Waals surface area (Å²) in [5, 5.41) is 4.11. The van der Waals surface area contributed by atoms with Crippen molar-refractivity contribution >= 4 is 28.2 Å². The molecule has 0 aliphatic heterocycles. The van der Waals surface area contributed by atoms with E-state index in [1.807, 2.05) is 42.6 Å². The Hall–Kier alpha value is -2.75. The number of aromatic nitrogens is 1. The van der Waals surface area contributed by atoms with Gasteiger partial charge in [0.25, 0.3) is 0 Å². The zero-order valence-corrected chi connectivity index (χ0v) is 15.6. The van der Waals surface area contributed by atoms with Gasteiger partial charge in [-0.1, -0.05) is 32.0 Å². The Morgan fingerprint density at radius 3 is 2.38 bits per heavy atom. The second kappa shape index (κ2) is 8.56. The molecular formula is C22H27N3O. The molecule has 0 spiro atoms. The number of rotatable bonds is 8. The molecule has 1 aromatic heterocycles. The summed E-state index contributed by atoms with van der Waals surface area (Å²) in [7, 11) is 0. The second-order valence-electron chi connectivity index (χ2n) is 6.62. The maximum atomic E-state index is 12.4. The molecular weight excluding hydrogens is 322 g/mol. The molecule has 0 unspecified atom stereocenters. The molecule has 2 aromatic carbocycles. The van der Waals surface area contributed by atoms with Gasteiger partial charge in [-0.3, -0.25) is 4.79 Å². The SMILES string of the molecule is CCCN(CCC)c1ccc(NC(=O)Cc2c[nH]c3ccccc23)cc1. The Morgan fingerprint density at radius 2 is 1.69 bits per heavy atom. The van der Waals surface area contributed by atoms with Gasteiger partial charge in [0.1, 0.15) is 0 Å². The first kappa shape index (κ1) is 18.1. The topological polar surface area (TPSA) is 48.1 Å². The highest BCUT2D eigenvalue weighted by molar-refractivity contribution is 5.95. The maximum absolute atomic E-state index is 12.4. The highest BCUT2D eigenvalue weighted by Gasteiger charge is 2.10. The molecule has 0 saturated heterocycles. The van der Waals surface area contributed by atoms with E-state index in [1.165, 1.54) is 5.69 Å². The van der Waals surface area contributed by atoms with Crippen LogP contribution in [-0.2, 0) is 11.2 Å². The molecule has 3 aromatic rings. The molecule has 3 rings (SSSR count). The van der Waals surface area contributed by atoms with Crippen molar-refractivity contribution in [3.05, 3.63) is 60.3 Å². The molecule has 136 valence electrons. The minimum absolute atomic E-state index is 0.00137. The van der Waals surface area contributed by atoms with Crippen molar-refractivity contribution in [2.24, 2.45) is 0 Å². The molecule has 0 bridgehead atoms. The van der Waals surface area contributed by atoms with E-state index in [4.69, 9.17) is 0 Å². The summed E-state index contributed by atoms with van der Waals surface area (Å²) in [6, 6.07) is 16.2. The van der Waals surface area contributed by atoms with Gasteiger partial charge < -0.3 is 15.2 Å². The second-order valence-corrected chi connectivity index (χ2v) is 6.62. The zero-order valence-electron chi connectivity index (χ0n) is 15.6. The molecule has 0 aliphatic rings. The molecule has 4 heteroatoms. The molecule has 2 N–H and O–H groups in total. The fraction of sp³-hybridized carbons (Fsp3) is 0.318. The standard InChI is InChI=1S/C22H27N3O/c1-3-13-25(14-4-2)19-11-9-18(10-12-19)24-22(26)15-17-16-23-21-8-6-5-7-20(17)21/h5-12,16,23H,3-4,13-15H2,1-2H3,(H,24,26). The number of nitrogens with zero attached hydrogens (tertiary/aromatic N) is 1. The third-order valence-electron chi connectivity index (χ3n) is 4.53. The van der Waals surface area contributed by atoms with Gasteiger partial charge >= 0.3 is 0 Å².